The molecular weight excluding hydrogens is 262 g/mol. The van der Waals surface area contributed by atoms with Crippen molar-refractivity contribution in [1.29, 1.82) is 0 Å². The third kappa shape index (κ3) is 2.76. The van der Waals surface area contributed by atoms with Crippen LogP contribution in [0.2, 0.25) is 0 Å². The molecule has 0 radical (unpaired) electrons. The molecule has 0 amide bonds. The van der Waals surface area contributed by atoms with Crippen LogP contribution in [0.25, 0.3) is 0 Å². The molecule has 108 valence electrons. The highest BCUT2D eigenvalue weighted by Crippen LogP contribution is 2.25. The molecule has 0 atom stereocenters. The van der Waals surface area contributed by atoms with Gasteiger partial charge in [-0.15, -0.1) is 0 Å². The molecule has 2 aromatic rings. The van der Waals surface area contributed by atoms with Crippen LogP contribution >= 0.6 is 0 Å². The van der Waals surface area contributed by atoms with E-state index >= 15 is 0 Å². The second-order valence-corrected chi connectivity index (χ2v) is 5.54. The molecule has 0 saturated heterocycles. The van der Waals surface area contributed by atoms with Crippen molar-refractivity contribution in [3.63, 3.8) is 0 Å². The van der Waals surface area contributed by atoms with Gasteiger partial charge in [-0.2, -0.15) is 0 Å². The number of nitrogens with zero attached hydrogens (tertiary/aromatic N) is 2. The minimum atomic E-state index is 0.151. The highest BCUT2D eigenvalue weighted by Gasteiger charge is 2.18. The summed E-state index contributed by atoms with van der Waals surface area (Å²) in [5, 5.41) is 11.8. The fourth-order valence-corrected chi connectivity index (χ4v) is 2.85. The zero-order valence-electron chi connectivity index (χ0n) is 12.1. The number of oxime groups is 1. The third-order valence-electron chi connectivity index (χ3n) is 4.05. The highest BCUT2D eigenvalue weighted by atomic mass is 16.4. The summed E-state index contributed by atoms with van der Waals surface area (Å²) < 4.78 is 0. The monoisotopic (exact) mass is 281 g/mol. The van der Waals surface area contributed by atoms with E-state index in [1.165, 1.54) is 16.7 Å². The molecule has 0 fully saturated rings. The van der Waals surface area contributed by atoms with Crippen molar-refractivity contribution in [2.75, 3.05) is 0 Å². The van der Waals surface area contributed by atoms with Crippen LogP contribution in [-0.2, 0) is 19.6 Å². The molecule has 1 heterocycles. The van der Waals surface area contributed by atoms with Gasteiger partial charge in [0.25, 0.3) is 0 Å². The second kappa shape index (κ2) is 5.58. The summed E-state index contributed by atoms with van der Waals surface area (Å²) in [4.78, 5) is 2.43. The Hall–Kier alpha value is -2.33. The van der Waals surface area contributed by atoms with Gasteiger partial charge in [0.1, 0.15) is 0 Å². The largest absolute Gasteiger partial charge is 0.409 e. The van der Waals surface area contributed by atoms with Crippen molar-refractivity contribution in [2.45, 2.75) is 26.6 Å². The van der Waals surface area contributed by atoms with Gasteiger partial charge in [-0.1, -0.05) is 41.6 Å². The third-order valence-corrected chi connectivity index (χ3v) is 4.05. The highest BCUT2D eigenvalue weighted by molar-refractivity contribution is 5.97. The Morgan fingerprint density at radius 3 is 2.43 bits per heavy atom. The fourth-order valence-electron chi connectivity index (χ4n) is 2.85. The quantitative estimate of drug-likeness (QED) is 0.393. The maximum Gasteiger partial charge on any atom is 0.170 e. The first-order valence-electron chi connectivity index (χ1n) is 7.04. The van der Waals surface area contributed by atoms with Crippen molar-refractivity contribution >= 4 is 5.84 Å². The lowest BCUT2D eigenvalue weighted by atomic mass is 10.0. The van der Waals surface area contributed by atoms with Crippen LogP contribution in [0, 0.1) is 6.92 Å². The molecule has 1 aliphatic heterocycles. The topological polar surface area (TPSA) is 61.9 Å². The van der Waals surface area contributed by atoms with Crippen LogP contribution in [0.3, 0.4) is 0 Å². The lowest BCUT2D eigenvalue weighted by Gasteiger charge is -2.17. The minimum absolute atomic E-state index is 0.151. The molecule has 4 nitrogen and oxygen atoms in total. The first-order valence-corrected chi connectivity index (χ1v) is 7.04. The number of hydrogen-bond acceptors (Lipinski definition) is 3. The van der Waals surface area contributed by atoms with E-state index in [9.17, 15) is 0 Å². The van der Waals surface area contributed by atoms with Crippen LogP contribution in [0.1, 0.15) is 27.8 Å². The van der Waals surface area contributed by atoms with Crippen molar-refractivity contribution in [1.82, 2.24) is 4.90 Å². The van der Waals surface area contributed by atoms with Gasteiger partial charge < -0.3 is 10.9 Å². The summed E-state index contributed by atoms with van der Waals surface area (Å²) in [6.45, 7) is 4.97. The lowest BCUT2D eigenvalue weighted by Crippen LogP contribution is -2.17. The Bertz CT molecular complexity index is 669. The Morgan fingerprint density at radius 2 is 1.86 bits per heavy atom. The predicted octanol–water partition coefficient (Wildman–Crippen LogP) is 2.61. The van der Waals surface area contributed by atoms with Crippen molar-refractivity contribution in [3.05, 3.63) is 70.3 Å². The van der Waals surface area contributed by atoms with Crippen molar-refractivity contribution in [3.8, 4) is 0 Å². The van der Waals surface area contributed by atoms with Gasteiger partial charge in [-0.25, -0.2) is 0 Å². The summed E-state index contributed by atoms with van der Waals surface area (Å²) in [7, 11) is 0. The molecule has 0 aliphatic carbocycles. The van der Waals surface area contributed by atoms with Gasteiger partial charge in [0, 0.05) is 25.2 Å². The predicted molar refractivity (Wildman–Crippen MR) is 83.1 cm³/mol. The van der Waals surface area contributed by atoms with E-state index in [1.807, 2.05) is 12.1 Å². The number of rotatable bonds is 3. The maximum absolute atomic E-state index is 8.73. The fraction of sp³-hybridized carbons (Fsp3) is 0.235. The number of fused-ring (bicyclic) bond motifs is 1. The molecule has 0 unspecified atom stereocenters. The number of amidine groups is 1. The van der Waals surface area contributed by atoms with E-state index in [0.717, 1.165) is 30.8 Å². The van der Waals surface area contributed by atoms with E-state index in [1.54, 1.807) is 0 Å². The molecule has 0 aromatic heterocycles. The Kier molecular flexibility index (Phi) is 3.62. The van der Waals surface area contributed by atoms with Gasteiger partial charge in [0.15, 0.2) is 5.84 Å². The van der Waals surface area contributed by atoms with Crippen molar-refractivity contribution in [2.24, 2.45) is 10.9 Å². The summed E-state index contributed by atoms with van der Waals surface area (Å²) in [6, 6.07) is 14.5. The van der Waals surface area contributed by atoms with E-state index in [0.29, 0.717) is 0 Å². The maximum atomic E-state index is 8.73. The molecule has 1 aliphatic rings. The Balaban J connectivity index is 1.75. The van der Waals surface area contributed by atoms with E-state index in [2.05, 4.69) is 47.3 Å². The zero-order valence-corrected chi connectivity index (χ0v) is 12.1. The Morgan fingerprint density at radius 1 is 1.19 bits per heavy atom. The molecule has 0 saturated carbocycles. The average molecular weight is 281 g/mol. The zero-order chi connectivity index (χ0) is 14.8. The van der Waals surface area contributed by atoms with Gasteiger partial charge >= 0.3 is 0 Å². The van der Waals surface area contributed by atoms with Gasteiger partial charge in [-0.3, -0.25) is 4.90 Å². The molecule has 4 heteroatoms. The first-order chi connectivity index (χ1) is 10.2. The lowest BCUT2D eigenvalue weighted by molar-refractivity contribution is 0.275. The van der Waals surface area contributed by atoms with Crippen LogP contribution in [0.15, 0.2) is 47.6 Å². The summed E-state index contributed by atoms with van der Waals surface area (Å²) in [5.74, 6) is 0.151. The van der Waals surface area contributed by atoms with Gasteiger partial charge in [0.05, 0.1) is 0 Å². The minimum Gasteiger partial charge on any atom is -0.409 e. The SMILES string of the molecule is Cc1cc(/C(N)=N/O)ccc1CN1Cc2ccccc2C1. The van der Waals surface area contributed by atoms with E-state index < -0.39 is 0 Å². The van der Waals surface area contributed by atoms with Gasteiger partial charge in [0.2, 0.25) is 0 Å². The first kappa shape index (κ1) is 13.6. The molecule has 2 aromatic carbocycles. The number of nitrogens with two attached hydrogens (primary N) is 1. The normalized spacial score (nSPS) is 15.2. The molecule has 0 bridgehead atoms. The number of aryl methyl sites for hydroxylation is 1. The van der Waals surface area contributed by atoms with Crippen LogP contribution in [0.4, 0.5) is 0 Å². The molecule has 0 spiro atoms. The standard InChI is InChI=1S/C17H19N3O/c1-12-8-13(17(18)19-21)6-7-14(12)9-20-10-15-4-2-3-5-16(15)11-20/h2-8,21H,9-11H2,1H3,(H2,18,19). The summed E-state index contributed by atoms with van der Waals surface area (Å²) >= 11 is 0. The van der Waals surface area contributed by atoms with Crippen molar-refractivity contribution < 1.29 is 5.21 Å². The Labute approximate surface area is 124 Å². The average Bonchev–Trinajstić information content (AvgIpc) is 2.90. The van der Waals surface area contributed by atoms with Crippen LogP contribution < -0.4 is 5.73 Å². The van der Waals surface area contributed by atoms with Crippen LogP contribution in [0.5, 0.6) is 0 Å². The summed E-state index contributed by atoms with van der Waals surface area (Å²) in [5.41, 5.74) is 11.7. The van der Waals surface area contributed by atoms with Gasteiger partial charge in [-0.05, 0) is 35.2 Å². The van der Waals surface area contributed by atoms with E-state index in [4.69, 9.17) is 10.9 Å². The number of benzene rings is 2. The smallest absolute Gasteiger partial charge is 0.170 e. The molecule has 21 heavy (non-hydrogen) atoms. The molecule has 3 N–H and O–H groups in total. The molecular formula is C17H19N3O. The number of hydrogen-bond donors (Lipinski definition) is 2. The summed E-state index contributed by atoms with van der Waals surface area (Å²) in [6.07, 6.45) is 0. The second-order valence-electron chi connectivity index (χ2n) is 5.54. The molecule has 3 rings (SSSR count). The van der Waals surface area contributed by atoms with E-state index in [-0.39, 0.29) is 5.84 Å². The van der Waals surface area contributed by atoms with Crippen LogP contribution in [-0.4, -0.2) is 15.9 Å².